The van der Waals surface area contributed by atoms with Crippen LogP contribution >= 0.6 is 11.6 Å². The van der Waals surface area contributed by atoms with E-state index in [-0.39, 0.29) is 17.2 Å². The highest BCUT2D eigenvalue weighted by atomic mass is 35.5. The largest absolute Gasteiger partial charge is 0.396 e. The predicted octanol–water partition coefficient (Wildman–Crippen LogP) is 3.03. The Hall–Kier alpha value is -3.30. The van der Waals surface area contributed by atoms with Gasteiger partial charge in [-0.15, -0.1) is 0 Å². The number of aromatic amines is 1. The minimum atomic E-state index is -0.613. The van der Waals surface area contributed by atoms with Gasteiger partial charge in [-0.1, -0.05) is 23.8 Å². The van der Waals surface area contributed by atoms with Crippen LogP contribution in [0, 0.1) is 5.82 Å². The molecule has 0 atom stereocenters. The molecule has 4 aromatic rings. The molecule has 0 aliphatic carbocycles. The number of anilines is 1. The molecule has 0 saturated heterocycles. The van der Waals surface area contributed by atoms with Crippen molar-refractivity contribution >= 4 is 46.5 Å². The Morgan fingerprint density at radius 2 is 2.21 bits per heavy atom. The maximum Gasteiger partial charge on any atom is 0.212 e. The minimum Gasteiger partial charge on any atom is -0.396 e. The van der Waals surface area contributed by atoms with Gasteiger partial charge in [0.1, 0.15) is 0 Å². The fourth-order valence-electron chi connectivity index (χ4n) is 2.98. The number of imidazole rings is 1. The van der Waals surface area contributed by atoms with Crippen molar-refractivity contribution in [1.82, 2.24) is 24.6 Å². The van der Waals surface area contributed by atoms with Crippen LogP contribution in [0.15, 0.2) is 30.9 Å². The third-order valence-electron chi connectivity index (χ3n) is 4.21. The number of halogens is 2. The lowest BCUT2D eigenvalue weighted by Gasteiger charge is -2.10. The second-order valence-corrected chi connectivity index (χ2v) is 6.29. The highest BCUT2D eigenvalue weighted by Gasteiger charge is 2.21. The van der Waals surface area contributed by atoms with E-state index in [9.17, 15) is 4.79 Å². The molecule has 0 aliphatic rings. The maximum atomic E-state index is 15.0. The van der Waals surface area contributed by atoms with Gasteiger partial charge >= 0.3 is 0 Å². The Balaban J connectivity index is 1.90. The fourth-order valence-corrected chi connectivity index (χ4v) is 3.28. The van der Waals surface area contributed by atoms with Crippen molar-refractivity contribution in [1.29, 1.82) is 0 Å². The van der Waals surface area contributed by atoms with E-state index in [1.807, 2.05) is 0 Å². The van der Waals surface area contributed by atoms with E-state index in [0.717, 1.165) is 0 Å². The zero-order chi connectivity index (χ0) is 19.7. The average molecular weight is 401 g/mol. The summed E-state index contributed by atoms with van der Waals surface area (Å²) in [5, 5.41) is 18.7. The number of amides is 1. The van der Waals surface area contributed by atoms with Crippen LogP contribution in [0.5, 0.6) is 0 Å². The second-order valence-electron chi connectivity index (χ2n) is 5.92. The molecule has 0 saturated carbocycles. The van der Waals surface area contributed by atoms with Gasteiger partial charge in [0.15, 0.2) is 17.3 Å². The molecule has 0 spiro atoms. The van der Waals surface area contributed by atoms with Crippen molar-refractivity contribution in [3.05, 3.63) is 47.3 Å². The van der Waals surface area contributed by atoms with Crippen LogP contribution in [0.25, 0.3) is 33.9 Å². The average Bonchev–Trinajstić information content (AvgIpc) is 3.31. The summed E-state index contributed by atoms with van der Waals surface area (Å²) in [5.41, 5.74) is 2.06. The number of hydrogen-bond donors (Lipinski definition) is 3. The number of nitrogens with one attached hydrogen (secondary N) is 2. The fraction of sp³-hybridized carbons (Fsp3) is 0.111. The standard InChI is InChI=1S/C18H14ClFN6O2/c19-16-15(12-7-26-8-13(22-9-28)24-14(26)6-21-12)11-5-23-25-18(11)10(17(16)20)3-1-2-4-27/h1,3,5-9,27H,2,4H2,(H,22,28)(H,23,25)/b3-1+. The zero-order valence-corrected chi connectivity index (χ0v) is 15.1. The minimum absolute atomic E-state index is 0.0359. The number of hydrogen-bond acceptors (Lipinski definition) is 5. The molecule has 10 heteroatoms. The molecule has 8 nitrogen and oxygen atoms in total. The molecule has 0 bridgehead atoms. The molecule has 4 rings (SSSR count). The first-order chi connectivity index (χ1) is 13.6. The normalized spacial score (nSPS) is 11.7. The van der Waals surface area contributed by atoms with Crippen LogP contribution in [-0.2, 0) is 4.79 Å². The summed E-state index contributed by atoms with van der Waals surface area (Å²) < 4.78 is 16.7. The first-order valence-corrected chi connectivity index (χ1v) is 8.68. The van der Waals surface area contributed by atoms with Crippen molar-refractivity contribution in [3.63, 3.8) is 0 Å². The molecular weight excluding hydrogens is 387 g/mol. The number of benzene rings is 1. The Labute approximate surface area is 162 Å². The van der Waals surface area contributed by atoms with Gasteiger partial charge in [-0.25, -0.2) is 9.37 Å². The number of aliphatic hydroxyl groups is 1. The summed E-state index contributed by atoms with van der Waals surface area (Å²) in [6.07, 6.45) is 10.5. The van der Waals surface area contributed by atoms with Crippen LogP contribution in [0.3, 0.4) is 0 Å². The molecule has 142 valence electrons. The lowest BCUT2D eigenvalue weighted by molar-refractivity contribution is -0.105. The van der Waals surface area contributed by atoms with Gasteiger partial charge in [0.05, 0.1) is 34.8 Å². The highest BCUT2D eigenvalue weighted by molar-refractivity contribution is 6.35. The lowest BCUT2D eigenvalue weighted by Crippen LogP contribution is -1.96. The van der Waals surface area contributed by atoms with Crippen LogP contribution in [0.4, 0.5) is 10.2 Å². The van der Waals surface area contributed by atoms with E-state index >= 15 is 4.39 Å². The molecule has 28 heavy (non-hydrogen) atoms. The molecule has 1 amide bonds. The molecular formula is C18H14ClFN6O2. The Morgan fingerprint density at radius 3 is 3.00 bits per heavy atom. The van der Waals surface area contributed by atoms with Crippen molar-refractivity contribution in [2.75, 3.05) is 11.9 Å². The van der Waals surface area contributed by atoms with Gasteiger partial charge in [-0.05, 0) is 6.42 Å². The molecule has 0 radical (unpaired) electrons. The van der Waals surface area contributed by atoms with E-state index in [1.165, 1.54) is 6.20 Å². The van der Waals surface area contributed by atoms with Gasteiger partial charge in [0.25, 0.3) is 0 Å². The van der Waals surface area contributed by atoms with Crippen molar-refractivity contribution < 1.29 is 14.3 Å². The number of H-pyrrole nitrogens is 1. The Kier molecular flexibility index (Phi) is 4.76. The second kappa shape index (κ2) is 7.37. The van der Waals surface area contributed by atoms with Gasteiger partial charge in [-0.2, -0.15) is 5.10 Å². The first-order valence-electron chi connectivity index (χ1n) is 8.30. The monoisotopic (exact) mass is 400 g/mol. The van der Waals surface area contributed by atoms with Crippen LogP contribution in [0.1, 0.15) is 12.0 Å². The molecule has 0 fully saturated rings. The molecule has 3 aromatic heterocycles. The summed E-state index contributed by atoms with van der Waals surface area (Å²) >= 11 is 6.36. The number of carbonyl (C=O) groups is 1. The van der Waals surface area contributed by atoms with Crippen molar-refractivity contribution in [2.45, 2.75) is 6.42 Å². The van der Waals surface area contributed by atoms with E-state index in [4.69, 9.17) is 16.7 Å². The SMILES string of the molecule is O=CNc1cn2cc(-c3c(Cl)c(F)c(/C=C/CCO)c4[nH]ncc34)ncc2n1. The summed E-state index contributed by atoms with van der Waals surface area (Å²) in [7, 11) is 0. The predicted molar refractivity (Wildman–Crippen MR) is 103 cm³/mol. The Bertz CT molecular complexity index is 1220. The summed E-state index contributed by atoms with van der Waals surface area (Å²) in [6, 6.07) is 0. The van der Waals surface area contributed by atoms with E-state index in [0.29, 0.717) is 46.5 Å². The van der Waals surface area contributed by atoms with Gasteiger partial charge < -0.3 is 14.8 Å². The maximum absolute atomic E-state index is 15.0. The first kappa shape index (κ1) is 18.1. The number of rotatable bonds is 6. The summed E-state index contributed by atoms with van der Waals surface area (Å²) in [6.45, 7) is -0.0359. The van der Waals surface area contributed by atoms with Crippen LogP contribution in [-0.4, -0.2) is 42.7 Å². The van der Waals surface area contributed by atoms with Gasteiger partial charge in [0.2, 0.25) is 6.41 Å². The van der Waals surface area contributed by atoms with E-state index in [2.05, 4.69) is 25.5 Å². The Morgan fingerprint density at radius 1 is 1.36 bits per heavy atom. The van der Waals surface area contributed by atoms with Gasteiger partial charge in [-0.3, -0.25) is 14.9 Å². The smallest absolute Gasteiger partial charge is 0.212 e. The van der Waals surface area contributed by atoms with Crippen LogP contribution < -0.4 is 5.32 Å². The number of fused-ring (bicyclic) bond motifs is 2. The van der Waals surface area contributed by atoms with Crippen molar-refractivity contribution in [2.24, 2.45) is 0 Å². The number of aromatic nitrogens is 5. The van der Waals surface area contributed by atoms with Crippen LogP contribution in [0.2, 0.25) is 5.02 Å². The molecule has 3 heterocycles. The topological polar surface area (TPSA) is 108 Å². The third kappa shape index (κ3) is 3.00. The number of carbonyl (C=O) groups excluding carboxylic acids is 1. The summed E-state index contributed by atoms with van der Waals surface area (Å²) in [5.74, 6) is -0.248. The quantitative estimate of drug-likeness (QED) is 0.431. The zero-order valence-electron chi connectivity index (χ0n) is 14.4. The third-order valence-corrected chi connectivity index (χ3v) is 4.57. The lowest BCUT2D eigenvalue weighted by atomic mass is 10.0. The molecule has 1 aromatic carbocycles. The van der Waals surface area contributed by atoms with E-state index < -0.39 is 5.82 Å². The van der Waals surface area contributed by atoms with Crippen molar-refractivity contribution in [3.8, 4) is 11.3 Å². The highest BCUT2D eigenvalue weighted by Crippen LogP contribution is 2.38. The van der Waals surface area contributed by atoms with E-state index in [1.54, 1.807) is 35.1 Å². The number of nitrogens with zero attached hydrogens (tertiary/aromatic N) is 4. The number of aliphatic hydroxyl groups excluding tert-OH is 1. The molecule has 3 N–H and O–H groups in total. The van der Waals surface area contributed by atoms with Gasteiger partial charge in [0, 0.05) is 29.3 Å². The molecule has 0 unspecified atom stereocenters. The summed E-state index contributed by atoms with van der Waals surface area (Å²) in [4.78, 5) is 19.1. The molecule has 0 aliphatic heterocycles.